The molecule has 0 spiro atoms. The van der Waals surface area contributed by atoms with Gasteiger partial charge in [-0.3, -0.25) is 10.1 Å². The average Bonchev–Trinajstić information content (AvgIpc) is 3.36. The van der Waals surface area contributed by atoms with Crippen molar-refractivity contribution in [3.8, 4) is 5.75 Å². The highest BCUT2D eigenvalue weighted by Crippen LogP contribution is 2.41. The Labute approximate surface area is 175 Å². The number of hydrogen-bond acceptors (Lipinski definition) is 9. The van der Waals surface area contributed by atoms with Crippen LogP contribution in [-0.2, 0) is 6.42 Å². The van der Waals surface area contributed by atoms with Crippen LogP contribution in [0.15, 0.2) is 48.8 Å². The van der Waals surface area contributed by atoms with E-state index in [1.54, 1.807) is 7.11 Å². The van der Waals surface area contributed by atoms with Crippen LogP contribution in [0.3, 0.4) is 0 Å². The van der Waals surface area contributed by atoms with Gasteiger partial charge in [0.05, 0.1) is 22.2 Å². The molecule has 0 saturated heterocycles. The Morgan fingerprint density at radius 3 is 2.93 bits per heavy atom. The van der Waals surface area contributed by atoms with Crippen molar-refractivity contribution >= 4 is 49.7 Å². The van der Waals surface area contributed by atoms with Crippen LogP contribution in [0.1, 0.15) is 5.56 Å². The number of fused-ring (bicyclic) bond motifs is 2. The smallest absolute Gasteiger partial charge is 0.354 e. The summed E-state index contributed by atoms with van der Waals surface area (Å²) in [6.07, 6.45) is 2.14. The zero-order valence-electron chi connectivity index (χ0n) is 15.9. The van der Waals surface area contributed by atoms with Gasteiger partial charge in [-0.05, 0) is 36.2 Å². The van der Waals surface area contributed by atoms with E-state index in [-0.39, 0.29) is 17.3 Å². The first-order valence-electron chi connectivity index (χ1n) is 9.20. The molecule has 0 amide bonds. The number of thiazole rings is 1. The number of benzene rings is 2. The van der Waals surface area contributed by atoms with E-state index in [9.17, 15) is 10.1 Å². The number of para-hydroxylation sites is 1. The molecule has 2 aromatic carbocycles. The number of nitro groups is 1. The Morgan fingerprint density at radius 2 is 2.10 bits per heavy atom. The van der Waals surface area contributed by atoms with Crippen LogP contribution in [0.5, 0.6) is 5.75 Å². The lowest BCUT2D eigenvalue weighted by Gasteiger charge is -2.18. The van der Waals surface area contributed by atoms with E-state index in [2.05, 4.69) is 20.3 Å². The normalized spacial score (nSPS) is 12.8. The standard InChI is InChI=1S/C20H16N6O3S/c1-29-13-6-7-14-16(10-13)30-20(23-14)24-18-17(26(27)28)19(22-11-21-18)25-9-8-12-4-2-3-5-15(12)25/h2-7,10-11H,8-9H2,1H3,(H,21,22,23,24). The van der Waals surface area contributed by atoms with Gasteiger partial charge in [0.1, 0.15) is 12.1 Å². The minimum absolute atomic E-state index is 0.111. The summed E-state index contributed by atoms with van der Waals surface area (Å²) < 4.78 is 6.15. The highest BCUT2D eigenvalue weighted by Gasteiger charge is 2.31. The average molecular weight is 420 g/mol. The van der Waals surface area contributed by atoms with Gasteiger partial charge in [-0.15, -0.1) is 0 Å². The third-order valence-corrected chi connectivity index (χ3v) is 5.88. The summed E-state index contributed by atoms with van der Waals surface area (Å²) in [7, 11) is 1.60. The molecule has 0 saturated carbocycles. The summed E-state index contributed by atoms with van der Waals surface area (Å²) in [6.45, 7) is 0.623. The Bertz CT molecular complexity index is 1270. The topological polar surface area (TPSA) is 106 Å². The van der Waals surface area contributed by atoms with Crippen molar-refractivity contribution in [3.63, 3.8) is 0 Å². The molecule has 1 N–H and O–H groups in total. The first-order chi connectivity index (χ1) is 14.6. The molecular formula is C20H16N6O3S. The molecule has 3 heterocycles. The van der Waals surface area contributed by atoms with Crippen molar-refractivity contribution in [2.24, 2.45) is 0 Å². The molecule has 0 bridgehead atoms. The predicted molar refractivity (Wildman–Crippen MR) is 115 cm³/mol. The Morgan fingerprint density at radius 1 is 1.23 bits per heavy atom. The number of anilines is 4. The molecule has 4 aromatic rings. The van der Waals surface area contributed by atoms with Gasteiger partial charge in [0.15, 0.2) is 5.13 Å². The molecule has 0 fully saturated rings. The van der Waals surface area contributed by atoms with E-state index in [0.29, 0.717) is 11.7 Å². The van der Waals surface area contributed by atoms with E-state index < -0.39 is 4.92 Å². The number of hydrogen-bond donors (Lipinski definition) is 1. The SMILES string of the molecule is COc1ccc2nc(Nc3ncnc(N4CCc5ccccc54)c3[N+](=O)[O-])sc2c1. The Hall–Kier alpha value is -3.79. The van der Waals surface area contributed by atoms with Crippen molar-refractivity contribution in [2.75, 3.05) is 23.9 Å². The van der Waals surface area contributed by atoms with Crippen LogP contribution in [0.4, 0.5) is 28.1 Å². The highest BCUT2D eigenvalue weighted by molar-refractivity contribution is 7.22. The number of methoxy groups -OCH3 is 1. The highest BCUT2D eigenvalue weighted by atomic mass is 32.1. The van der Waals surface area contributed by atoms with Crippen LogP contribution >= 0.6 is 11.3 Å². The Balaban J connectivity index is 1.55. The third-order valence-electron chi connectivity index (χ3n) is 4.95. The van der Waals surface area contributed by atoms with Crippen LogP contribution in [0.2, 0.25) is 0 Å². The fraction of sp³-hybridized carbons (Fsp3) is 0.150. The first kappa shape index (κ1) is 18.3. The number of aromatic nitrogens is 3. The number of ether oxygens (including phenoxy) is 1. The van der Waals surface area contributed by atoms with Crippen LogP contribution in [0, 0.1) is 10.1 Å². The fourth-order valence-corrected chi connectivity index (χ4v) is 4.46. The molecule has 0 radical (unpaired) electrons. The number of nitrogens with one attached hydrogen (secondary N) is 1. The van der Waals surface area contributed by atoms with Gasteiger partial charge in [0, 0.05) is 12.2 Å². The van der Waals surface area contributed by atoms with E-state index in [4.69, 9.17) is 4.74 Å². The lowest BCUT2D eigenvalue weighted by molar-refractivity contribution is -0.383. The quantitative estimate of drug-likeness (QED) is 0.373. The van der Waals surface area contributed by atoms with E-state index in [0.717, 1.165) is 33.6 Å². The van der Waals surface area contributed by atoms with Gasteiger partial charge >= 0.3 is 5.69 Å². The second-order valence-corrected chi connectivity index (χ2v) is 7.69. The van der Waals surface area contributed by atoms with Gasteiger partial charge in [-0.25, -0.2) is 15.0 Å². The summed E-state index contributed by atoms with van der Waals surface area (Å²) >= 11 is 1.37. The summed E-state index contributed by atoms with van der Waals surface area (Å²) in [5.74, 6) is 1.10. The van der Waals surface area contributed by atoms with Gasteiger partial charge in [-0.2, -0.15) is 0 Å². The van der Waals surface area contributed by atoms with Crippen molar-refractivity contribution in [2.45, 2.75) is 6.42 Å². The minimum Gasteiger partial charge on any atom is -0.497 e. The maximum Gasteiger partial charge on any atom is 0.354 e. The number of nitrogens with zero attached hydrogens (tertiary/aromatic N) is 5. The second kappa shape index (κ2) is 7.23. The lowest BCUT2D eigenvalue weighted by Crippen LogP contribution is -2.17. The maximum atomic E-state index is 12.0. The molecule has 10 heteroatoms. The van der Waals surface area contributed by atoms with Crippen LogP contribution in [0.25, 0.3) is 10.2 Å². The minimum atomic E-state index is -0.449. The van der Waals surface area contributed by atoms with Gasteiger partial charge < -0.3 is 15.0 Å². The molecule has 2 aromatic heterocycles. The van der Waals surface area contributed by atoms with Gasteiger partial charge in [0.2, 0.25) is 11.6 Å². The molecule has 0 atom stereocenters. The molecule has 30 heavy (non-hydrogen) atoms. The third kappa shape index (κ3) is 3.07. The van der Waals surface area contributed by atoms with E-state index in [1.165, 1.54) is 17.7 Å². The molecule has 0 unspecified atom stereocenters. The van der Waals surface area contributed by atoms with Crippen molar-refractivity contribution in [1.29, 1.82) is 0 Å². The summed E-state index contributed by atoms with van der Waals surface area (Å²) in [4.78, 5) is 26.3. The molecule has 150 valence electrons. The summed E-state index contributed by atoms with van der Waals surface area (Å²) in [5, 5.41) is 15.5. The maximum absolute atomic E-state index is 12.0. The first-order valence-corrected chi connectivity index (χ1v) is 10.0. The van der Waals surface area contributed by atoms with Gasteiger partial charge in [0.25, 0.3) is 0 Å². The Kier molecular flexibility index (Phi) is 4.40. The molecule has 1 aliphatic heterocycles. The zero-order valence-corrected chi connectivity index (χ0v) is 16.7. The van der Waals surface area contributed by atoms with Crippen molar-refractivity contribution in [1.82, 2.24) is 15.0 Å². The predicted octanol–water partition coefficient (Wildman–Crippen LogP) is 4.44. The molecule has 1 aliphatic rings. The van der Waals surface area contributed by atoms with Crippen LogP contribution < -0.4 is 15.0 Å². The zero-order chi connectivity index (χ0) is 20.7. The van der Waals surface area contributed by atoms with Crippen molar-refractivity contribution < 1.29 is 9.66 Å². The largest absolute Gasteiger partial charge is 0.497 e. The van der Waals surface area contributed by atoms with Crippen LogP contribution in [-0.4, -0.2) is 33.5 Å². The monoisotopic (exact) mass is 420 g/mol. The molecular weight excluding hydrogens is 404 g/mol. The second-order valence-electron chi connectivity index (χ2n) is 6.66. The summed E-state index contributed by atoms with van der Waals surface area (Å²) in [5.41, 5.74) is 2.66. The summed E-state index contributed by atoms with van der Waals surface area (Å²) in [6, 6.07) is 13.4. The molecule has 5 rings (SSSR count). The number of rotatable bonds is 5. The molecule has 9 nitrogen and oxygen atoms in total. The van der Waals surface area contributed by atoms with E-state index >= 15 is 0 Å². The van der Waals surface area contributed by atoms with Gasteiger partial charge in [-0.1, -0.05) is 29.5 Å². The van der Waals surface area contributed by atoms with Crippen molar-refractivity contribution in [3.05, 3.63) is 64.5 Å². The van der Waals surface area contributed by atoms with E-state index in [1.807, 2.05) is 47.4 Å². The fourth-order valence-electron chi connectivity index (χ4n) is 3.57. The molecule has 0 aliphatic carbocycles. The lowest BCUT2D eigenvalue weighted by atomic mass is 10.2.